The van der Waals surface area contributed by atoms with Crippen LogP contribution in [0.5, 0.6) is 0 Å². The lowest BCUT2D eigenvalue weighted by atomic mass is 10.2. The zero-order chi connectivity index (χ0) is 13.0. The Morgan fingerprint density at radius 1 is 1.44 bits per heavy atom. The number of hydrogen-bond acceptors (Lipinski definition) is 3. The molecule has 18 heavy (non-hydrogen) atoms. The highest BCUT2D eigenvalue weighted by atomic mass is 79.9. The second kappa shape index (κ2) is 6.11. The van der Waals surface area contributed by atoms with Gasteiger partial charge >= 0.3 is 0 Å². The molecule has 0 aliphatic rings. The lowest BCUT2D eigenvalue weighted by Crippen LogP contribution is -2.13. The van der Waals surface area contributed by atoms with E-state index in [0.29, 0.717) is 23.8 Å². The molecule has 2 rings (SSSR count). The molecule has 3 nitrogen and oxygen atoms in total. The predicted molar refractivity (Wildman–Crippen MR) is 71.6 cm³/mol. The quantitative estimate of drug-likeness (QED) is 0.855. The molecule has 2 aromatic rings. The second-order valence-corrected chi connectivity index (χ2v) is 4.77. The Morgan fingerprint density at radius 3 is 3.06 bits per heavy atom. The smallest absolute Gasteiger partial charge is 0.208 e. The highest BCUT2D eigenvalue weighted by Gasteiger charge is 2.10. The van der Waals surface area contributed by atoms with E-state index in [2.05, 4.69) is 33.2 Å². The van der Waals surface area contributed by atoms with E-state index in [-0.39, 0.29) is 5.82 Å². The molecule has 5 heteroatoms. The van der Waals surface area contributed by atoms with Crippen LogP contribution in [0.3, 0.4) is 0 Å². The third kappa shape index (κ3) is 3.17. The molecule has 1 aromatic heterocycles. The van der Waals surface area contributed by atoms with Gasteiger partial charge in [0, 0.05) is 10.0 Å². The molecule has 1 heterocycles. The predicted octanol–water partition coefficient (Wildman–Crippen LogP) is 3.74. The van der Waals surface area contributed by atoms with E-state index in [9.17, 15) is 4.39 Å². The van der Waals surface area contributed by atoms with Crippen molar-refractivity contribution in [3.05, 3.63) is 40.6 Å². The van der Waals surface area contributed by atoms with E-state index in [1.165, 1.54) is 12.1 Å². The van der Waals surface area contributed by atoms with Crippen LogP contribution in [0.25, 0.3) is 11.3 Å². The Morgan fingerprint density at radius 2 is 2.28 bits per heavy atom. The topological polar surface area (TPSA) is 38.1 Å². The van der Waals surface area contributed by atoms with Crippen LogP contribution in [0, 0.1) is 5.82 Å². The minimum Gasteiger partial charge on any atom is -0.439 e. The highest BCUT2D eigenvalue weighted by Crippen LogP contribution is 2.29. The molecule has 0 aliphatic carbocycles. The largest absolute Gasteiger partial charge is 0.439 e. The van der Waals surface area contributed by atoms with Crippen LogP contribution in [0.1, 0.15) is 19.2 Å². The summed E-state index contributed by atoms with van der Waals surface area (Å²) in [4.78, 5) is 4.16. The summed E-state index contributed by atoms with van der Waals surface area (Å²) >= 11 is 3.37. The minimum absolute atomic E-state index is 0.296. The molecule has 0 radical (unpaired) electrons. The van der Waals surface area contributed by atoms with E-state index in [4.69, 9.17) is 4.42 Å². The summed E-state index contributed by atoms with van der Waals surface area (Å²) in [5.74, 6) is 0.875. The van der Waals surface area contributed by atoms with Gasteiger partial charge in [0.25, 0.3) is 0 Å². The molecular formula is C13H14BrFN2O. The molecule has 0 saturated carbocycles. The summed E-state index contributed by atoms with van der Waals surface area (Å²) in [5.41, 5.74) is 0.671. The van der Waals surface area contributed by atoms with E-state index in [1.807, 2.05) is 0 Å². The van der Waals surface area contributed by atoms with Gasteiger partial charge in [0.1, 0.15) is 5.82 Å². The normalized spacial score (nSPS) is 10.8. The van der Waals surface area contributed by atoms with Crippen LogP contribution in [0.4, 0.5) is 4.39 Å². The maximum absolute atomic E-state index is 13.2. The molecule has 0 atom stereocenters. The Labute approximate surface area is 114 Å². The van der Waals surface area contributed by atoms with Crippen molar-refractivity contribution in [3.8, 4) is 11.3 Å². The summed E-state index contributed by atoms with van der Waals surface area (Å²) in [6.07, 6.45) is 2.67. The van der Waals surface area contributed by atoms with Gasteiger partial charge in [0.15, 0.2) is 5.76 Å². The van der Waals surface area contributed by atoms with E-state index in [0.717, 1.165) is 17.4 Å². The number of nitrogens with zero attached hydrogens (tertiary/aromatic N) is 1. The molecule has 0 bridgehead atoms. The van der Waals surface area contributed by atoms with Gasteiger partial charge in [-0.05, 0) is 31.2 Å². The summed E-state index contributed by atoms with van der Waals surface area (Å²) in [7, 11) is 0. The Balaban J connectivity index is 2.16. The molecule has 0 spiro atoms. The summed E-state index contributed by atoms with van der Waals surface area (Å²) in [6, 6.07) is 4.48. The van der Waals surface area contributed by atoms with Crippen molar-refractivity contribution in [1.29, 1.82) is 0 Å². The average Bonchev–Trinajstić information content (AvgIpc) is 2.81. The van der Waals surface area contributed by atoms with E-state index < -0.39 is 0 Å². The summed E-state index contributed by atoms with van der Waals surface area (Å²) in [5, 5.41) is 3.20. The lowest BCUT2D eigenvalue weighted by Gasteiger charge is -2.01. The fourth-order valence-electron chi connectivity index (χ4n) is 1.57. The number of rotatable bonds is 5. The first-order valence-corrected chi connectivity index (χ1v) is 6.61. The molecule has 0 amide bonds. The van der Waals surface area contributed by atoms with E-state index >= 15 is 0 Å². The van der Waals surface area contributed by atoms with Gasteiger partial charge in [0.2, 0.25) is 5.89 Å². The molecular weight excluding hydrogens is 299 g/mol. The minimum atomic E-state index is -0.296. The van der Waals surface area contributed by atoms with Gasteiger partial charge in [0.05, 0.1) is 12.7 Å². The fourth-order valence-corrected chi connectivity index (χ4v) is 2.02. The summed E-state index contributed by atoms with van der Waals surface area (Å²) < 4.78 is 19.6. The first-order valence-electron chi connectivity index (χ1n) is 5.81. The van der Waals surface area contributed by atoms with Crippen molar-refractivity contribution in [2.24, 2.45) is 0 Å². The third-order valence-corrected chi connectivity index (χ3v) is 3.14. The first kappa shape index (κ1) is 13.2. The number of benzene rings is 1. The molecule has 1 N–H and O–H groups in total. The van der Waals surface area contributed by atoms with Crippen molar-refractivity contribution in [3.63, 3.8) is 0 Å². The first-order chi connectivity index (χ1) is 8.70. The van der Waals surface area contributed by atoms with Gasteiger partial charge in [-0.2, -0.15) is 0 Å². The lowest BCUT2D eigenvalue weighted by molar-refractivity contribution is 0.477. The SMILES string of the molecule is CCCNCc1ncc(-c2cc(F)ccc2Br)o1. The molecule has 0 unspecified atom stereocenters. The average molecular weight is 313 g/mol. The Hall–Kier alpha value is -1.20. The monoisotopic (exact) mass is 312 g/mol. The van der Waals surface area contributed by atoms with Gasteiger partial charge in [-0.25, -0.2) is 9.37 Å². The van der Waals surface area contributed by atoms with Crippen LogP contribution >= 0.6 is 15.9 Å². The standard InChI is InChI=1S/C13H14BrFN2O/c1-2-5-16-8-13-17-7-12(18-13)10-6-9(15)3-4-11(10)14/h3-4,6-7,16H,2,5,8H2,1H3. The van der Waals surface area contributed by atoms with Crippen molar-refractivity contribution < 1.29 is 8.81 Å². The number of nitrogens with one attached hydrogen (secondary N) is 1. The molecule has 0 fully saturated rings. The second-order valence-electron chi connectivity index (χ2n) is 3.92. The molecule has 96 valence electrons. The fraction of sp³-hybridized carbons (Fsp3) is 0.308. The van der Waals surface area contributed by atoms with Gasteiger partial charge < -0.3 is 9.73 Å². The van der Waals surface area contributed by atoms with Gasteiger partial charge in [-0.1, -0.05) is 22.9 Å². The maximum Gasteiger partial charge on any atom is 0.208 e. The summed E-state index contributed by atoms with van der Waals surface area (Å²) in [6.45, 7) is 3.60. The molecule has 1 aromatic carbocycles. The van der Waals surface area contributed by atoms with Crippen molar-refractivity contribution in [1.82, 2.24) is 10.3 Å². The highest BCUT2D eigenvalue weighted by molar-refractivity contribution is 9.10. The van der Waals surface area contributed by atoms with E-state index in [1.54, 1.807) is 12.3 Å². The van der Waals surface area contributed by atoms with Crippen LogP contribution in [-0.2, 0) is 6.54 Å². The van der Waals surface area contributed by atoms with Crippen LogP contribution in [0.15, 0.2) is 33.3 Å². The third-order valence-electron chi connectivity index (χ3n) is 2.45. The van der Waals surface area contributed by atoms with Crippen LogP contribution in [-0.4, -0.2) is 11.5 Å². The van der Waals surface area contributed by atoms with Crippen LogP contribution < -0.4 is 5.32 Å². The number of oxazole rings is 1. The zero-order valence-electron chi connectivity index (χ0n) is 10.0. The Bertz CT molecular complexity index is 527. The number of halogens is 2. The van der Waals surface area contributed by atoms with Crippen molar-refractivity contribution in [2.45, 2.75) is 19.9 Å². The molecule has 0 aliphatic heterocycles. The van der Waals surface area contributed by atoms with Crippen molar-refractivity contribution >= 4 is 15.9 Å². The van der Waals surface area contributed by atoms with Gasteiger partial charge in [-0.3, -0.25) is 0 Å². The van der Waals surface area contributed by atoms with Crippen LogP contribution in [0.2, 0.25) is 0 Å². The molecule has 0 saturated heterocycles. The zero-order valence-corrected chi connectivity index (χ0v) is 11.6. The van der Waals surface area contributed by atoms with Crippen molar-refractivity contribution in [2.75, 3.05) is 6.54 Å². The number of aromatic nitrogens is 1. The maximum atomic E-state index is 13.2. The van der Waals surface area contributed by atoms with Gasteiger partial charge in [-0.15, -0.1) is 0 Å². The number of hydrogen-bond donors (Lipinski definition) is 1. The Kier molecular flexibility index (Phi) is 4.49.